The summed E-state index contributed by atoms with van der Waals surface area (Å²) in [4.78, 5) is 28.4. The standard InChI is InChI=1S/C20H21ClN2O3S/c1-26-19(24)16-4-2-15(3-5-16)14-23(18-8-6-17(21)7-9-18)20(25)22-10-12-27-13-11-22/h2-9H,10-14H2,1H3. The van der Waals surface area contributed by atoms with Crippen LogP contribution in [0.15, 0.2) is 48.5 Å². The molecule has 0 radical (unpaired) electrons. The first-order chi connectivity index (χ1) is 13.1. The van der Waals surface area contributed by atoms with Crippen LogP contribution in [-0.2, 0) is 11.3 Å². The van der Waals surface area contributed by atoms with Crippen molar-refractivity contribution in [1.82, 2.24) is 4.90 Å². The monoisotopic (exact) mass is 404 g/mol. The van der Waals surface area contributed by atoms with Crippen molar-refractivity contribution in [1.29, 1.82) is 0 Å². The summed E-state index contributed by atoms with van der Waals surface area (Å²) in [6.07, 6.45) is 0. The van der Waals surface area contributed by atoms with Crippen molar-refractivity contribution < 1.29 is 14.3 Å². The Balaban J connectivity index is 1.83. The van der Waals surface area contributed by atoms with Gasteiger partial charge in [-0.1, -0.05) is 23.7 Å². The number of hydrogen-bond acceptors (Lipinski definition) is 4. The first-order valence-corrected chi connectivity index (χ1v) is 10.2. The SMILES string of the molecule is COC(=O)c1ccc(CN(C(=O)N2CCSCC2)c2ccc(Cl)cc2)cc1. The maximum absolute atomic E-state index is 13.1. The molecule has 0 unspecified atom stereocenters. The number of esters is 1. The Kier molecular flexibility index (Phi) is 6.63. The van der Waals surface area contributed by atoms with Crippen LogP contribution in [0.25, 0.3) is 0 Å². The Hall–Kier alpha value is -2.18. The van der Waals surface area contributed by atoms with Crippen molar-refractivity contribution in [3.63, 3.8) is 0 Å². The zero-order chi connectivity index (χ0) is 19.2. The number of benzene rings is 2. The van der Waals surface area contributed by atoms with Crippen LogP contribution < -0.4 is 4.90 Å². The van der Waals surface area contributed by atoms with Gasteiger partial charge < -0.3 is 9.64 Å². The number of halogens is 1. The molecule has 0 N–H and O–H groups in total. The van der Waals surface area contributed by atoms with Crippen molar-refractivity contribution in [2.75, 3.05) is 36.6 Å². The molecule has 0 bridgehead atoms. The molecule has 0 aromatic heterocycles. The van der Waals surface area contributed by atoms with Crippen molar-refractivity contribution in [3.05, 3.63) is 64.7 Å². The molecule has 27 heavy (non-hydrogen) atoms. The average Bonchev–Trinajstić information content (AvgIpc) is 2.73. The number of anilines is 1. The van der Waals surface area contributed by atoms with Crippen molar-refractivity contribution in [2.45, 2.75) is 6.54 Å². The van der Waals surface area contributed by atoms with Crippen LogP contribution in [-0.4, -0.2) is 48.6 Å². The predicted molar refractivity (Wildman–Crippen MR) is 110 cm³/mol. The van der Waals surface area contributed by atoms with Gasteiger partial charge in [-0.3, -0.25) is 4.90 Å². The van der Waals surface area contributed by atoms with E-state index >= 15 is 0 Å². The van der Waals surface area contributed by atoms with Gasteiger partial charge in [0.15, 0.2) is 0 Å². The van der Waals surface area contributed by atoms with Gasteiger partial charge in [-0.15, -0.1) is 0 Å². The van der Waals surface area contributed by atoms with Crippen LogP contribution in [0.3, 0.4) is 0 Å². The summed E-state index contributed by atoms with van der Waals surface area (Å²) in [6.45, 7) is 1.90. The van der Waals surface area contributed by atoms with Crippen molar-refractivity contribution >= 4 is 41.1 Å². The van der Waals surface area contributed by atoms with Crippen molar-refractivity contribution in [2.24, 2.45) is 0 Å². The number of hydrogen-bond donors (Lipinski definition) is 0. The van der Waals surface area contributed by atoms with E-state index in [1.807, 2.05) is 40.9 Å². The highest BCUT2D eigenvalue weighted by atomic mass is 35.5. The molecule has 0 atom stereocenters. The normalized spacial score (nSPS) is 13.9. The van der Waals surface area contributed by atoms with Gasteiger partial charge in [0.1, 0.15) is 0 Å². The van der Waals surface area contributed by atoms with E-state index in [1.165, 1.54) is 7.11 Å². The Morgan fingerprint density at radius 1 is 1.07 bits per heavy atom. The lowest BCUT2D eigenvalue weighted by molar-refractivity contribution is 0.0600. The van der Waals surface area contributed by atoms with E-state index in [0.29, 0.717) is 17.1 Å². The molecule has 1 saturated heterocycles. The molecule has 2 aromatic rings. The number of urea groups is 1. The van der Waals surface area contributed by atoms with E-state index in [9.17, 15) is 9.59 Å². The first kappa shape index (κ1) is 19.6. The maximum atomic E-state index is 13.1. The van der Waals surface area contributed by atoms with E-state index in [2.05, 4.69) is 0 Å². The van der Waals surface area contributed by atoms with Gasteiger partial charge in [0.25, 0.3) is 0 Å². The predicted octanol–water partition coefficient (Wildman–Crippen LogP) is 4.30. The van der Waals surface area contributed by atoms with Crippen LogP contribution in [0, 0.1) is 0 Å². The topological polar surface area (TPSA) is 49.9 Å². The minimum atomic E-state index is -0.377. The van der Waals surface area contributed by atoms with Gasteiger partial charge in [0, 0.05) is 35.3 Å². The number of amides is 2. The Labute approximate surface area is 168 Å². The second-order valence-electron chi connectivity index (χ2n) is 6.13. The largest absolute Gasteiger partial charge is 0.465 e. The smallest absolute Gasteiger partial charge is 0.337 e. The highest BCUT2D eigenvalue weighted by Gasteiger charge is 2.24. The maximum Gasteiger partial charge on any atom is 0.337 e. The van der Waals surface area contributed by atoms with Crippen LogP contribution >= 0.6 is 23.4 Å². The molecular weight excluding hydrogens is 384 g/mol. The summed E-state index contributed by atoms with van der Waals surface area (Å²) in [6, 6.07) is 14.3. The fourth-order valence-corrected chi connectivity index (χ4v) is 3.89. The number of carbonyl (C=O) groups excluding carboxylic acids is 2. The van der Waals surface area contributed by atoms with E-state index < -0.39 is 0 Å². The first-order valence-electron chi connectivity index (χ1n) is 8.65. The zero-order valence-electron chi connectivity index (χ0n) is 15.1. The van der Waals surface area contributed by atoms with Crippen molar-refractivity contribution in [3.8, 4) is 0 Å². The molecule has 1 heterocycles. The Morgan fingerprint density at radius 3 is 2.30 bits per heavy atom. The summed E-state index contributed by atoms with van der Waals surface area (Å²) in [7, 11) is 1.36. The van der Waals surface area contributed by atoms with Crippen LogP contribution in [0.2, 0.25) is 5.02 Å². The second-order valence-corrected chi connectivity index (χ2v) is 7.79. The third kappa shape index (κ3) is 4.96. The summed E-state index contributed by atoms with van der Waals surface area (Å²) >= 11 is 7.87. The summed E-state index contributed by atoms with van der Waals surface area (Å²) in [5, 5.41) is 0.628. The molecule has 0 aliphatic carbocycles. The third-order valence-electron chi connectivity index (χ3n) is 4.37. The second kappa shape index (κ2) is 9.15. The van der Waals surface area contributed by atoms with E-state index in [0.717, 1.165) is 35.8 Å². The van der Waals surface area contributed by atoms with Gasteiger partial charge >= 0.3 is 12.0 Å². The lowest BCUT2D eigenvalue weighted by Gasteiger charge is -2.33. The van der Waals surface area contributed by atoms with E-state index in [-0.39, 0.29) is 12.0 Å². The van der Waals surface area contributed by atoms with Gasteiger partial charge in [-0.25, -0.2) is 9.59 Å². The molecule has 3 rings (SSSR count). The Morgan fingerprint density at radius 2 is 1.70 bits per heavy atom. The number of ether oxygens (including phenoxy) is 1. The molecule has 1 fully saturated rings. The molecular formula is C20H21ClN2O3S. The number of rotatable bonds is 4. The zero-order valence-corrected chi connectivity index (χ0v) is 16.6. The molecule has 0 spiro atoms. The highest BCUT2D eigenvalue weighted by molar-refractivity contribution is 7.99. The quantitative estimate of drug-likeness (QED) is 0.713. The van der Waals surface area contributed by atoms with Crippen LogP contribution in [0.1, 0.15) is 15.9 Å². The van der Waals surface area contributed by atoms with Gasteiger partial charge in [0.05, 0.1) is 19.2 Å². The highest BCUT2D eigenvalue weighted by Crippen LogP contribution is 2.23. The number of nitrogens with zero attached hydrogens (tertiary/aromatic N) is 2. The van der Waals surface area contributed by atoms with Gasteiger partial charge in [-0.2, -0.15) is 11.8 Å². The molecule has 2 aromatic carbocycles. The number of methoxy groups -OCH3 is 1. The lowest BCUT2D eigenvalue weighted by atomic mass is 10.1. The molecule has 0 saturated carbocycles. The summed E-state index contributed by atoms with van der Waals surface area (Å²) < 4.78 is 4.73. The van der Waals surface area contributed by atoms with Gasteiger partial charge in [0.2, 0.25) is 0 Å². The molecule has 2 amide bonds. The average molecular weight is 405 g/mol. The van der Waals surface area contributed by atoms with Gasteiger partial charge in [-0.05, 0) is 42.0 Å². The fraction of sp³-hybridized carbons (Fsp3) is 0.300. The Bertz CT molecular complexity index is 790. The lowest BCUT2D eigenvalue weighted by Crippen LogP contribution is -2.46. The minimum absolute atomic E-state index is 0.0188. The van der Waals surface area contributed by atoms with E-state index in [1.54, 1.807) is 29.2 Å². The molecule has 1 aliphatic heterocycles. The van der Waals surface area contributed by atoms with Crippen LogP contribution in [0.4, 0.5) is 10.5 Å². The molecule has 1 aliphatic rings. The molecule has 7 heteroatoms. The number of thioether (sulfide) groups is 1. The summed E-state index contributed by atoms with van der Waals surface area (Å²) in [5.41, 5.74) is 2.20. The minimum Gasteiger partial charge on any atom is -0.465 e. The van der Waals surface area contributed by atoms with Crippen LogP contribution in [0.5, 0.6) is 0 Å². The van der Waals surface area contributed by atoms with E-state index in [4.69, 9.17) is 16.3 Å². The number of carbonyl (C=O) groups is 2. The molecule has 142 valence electrons. The molecule has 5 nitrogen and oxygen atoms in total. The fourth-order valence-electron chi connectivity index (χ4n) is 2.86. The third-order valence-corrected chi connectivity index (χ3v) is 5.56. The summed E-state index contributed by atoms with van der Waals surface area (Å²) in [5.74, 6) is 1.53.